The molecule has 3 saturated heterocycles. The van der Waals surface area contributed by atoms with Gasteiger partial charge in [-0.1, -0.05) is 12.1 Å². The number of hydrogen-bond acceptors (Lipinski definition) is 4. The minimum absolute atomic E-state index is 0.591. The predicted molar refractivity (Wildman–Crippen MR) is 93.0 cm³/mol. The van der Waals surface area contributed by atoms with Crippen molar-refractivity contribution in [3.05, 3.63) is 29.8 Å². The van der Waals surface area contributed by atoms with E-state index in [1.807, 2.05) is 25.2 Å². The summed E-state index contributed by atoms with van der Waals surface area (Å²) in [6.07, 6.45) is 0. The largest absolute Gasteiger partial charge is 0.497 e. The zero-order valence-corrected chi connectivity index (χ0v) is 14.1. The van der Waals surface area contributed by atoms with Crippen molar-refractivity contribution in [1.82, 2.24) is 20.4 Å². The fourth-order valence-electron chi connectivity index (χ4n) is 3.32. The van der Waals surface area contributed by atoms with E-state index in [1.54, 1.807) is 7.11 Å². The lowest BCUT2D eigenvalue weighted by molar-refractivity contribution is 0.0154. The van der Waals surface area contributed by atoms with E-state index >= 15 is 0 Å². The highest BCUT2D eigenvalue weighted by Crippen LogP contribution is 2.15. The van der Waals surface area contributed by atoms with Crippen LogP contribution in [0.25, 0.3) is 0 Å². The molecule has 0 spiro atoms. The van der Waals surface area contributed by atoms with Gasteiger partial charge in [0.1, 0.15) is 5.75 Å². The topological polar surface area (TPSA) is 52.1 Å². The summed E-state index contributed by atoms with van der Waals surface area (Å²) in [4.78, 5) is 9.46. The number of piperazine rings is 3. The van der Waals surface area contributed by atoms with E-state index in [4.69, 9.17) is 4.74 Å². The van der Waals surface area contributed by atoms with Gasteiger partial charge in [0.05, 0.1) is 7.11 Å². The van der Waals surface area contributed by atoms with Crippen LogP contribution in [0.15, 0.2) is 29.3 Å². The van der Waals surface area contributed by atoms with Crippen LogP contribution >= 0.6 is 0 Å². The van der Waals surface area contributed by atoms with Crippen molar-refractivity contribution in [3.8, 4) is 5.75 Å². The monoisotopic (exact) mass is 317 g/mol. The molecule has 2 N–H and O–H groups in total. The van der Waals surface area contributed by atoms with Crippen LogP contribution in [0, 0.1) is 0 Å². The number of benzene rings is 1. The highest BCUT2D eigenvalue weighted by molar-refractivity contribution is 5.79. The first-order valence-corrected chi connectivity index (χ1v) is 8.32. The fourth-order valence-corrected chi connectivity index (χ4v) is 3.32. The molecular formula is C17H27N5O. The predicted octanol–water partition coefficient (Wildman–Crippen LogP) is 0.360. The SMILES string of the molecule is CN=C(NCc1cccc(OC)c1)NCC1CN2CCN1CC2. The van der Waals surface area contributed by atoms with E-state index in [-0.39, 0.29) is 0 Å². The third-order valence-corrected chi connectivity index (χ3v) is 4.72. The van der Waals surface area contributed by atoms with Crippen LogP contribution in [0.1, 0.15) is 5.56 Å². The molecule has 1 unspecified atom stereocenters. The number of fused-ring (bicyclic) bond motifs is 3. The minimum atomic E-state index is 0.591. The van der Waals surface area contributed by atoms with Gasteiger partial charge in [0.2, 0.25) is 0 Å². The Hall–Kier alpha value is -1.79. The smallest absolute Gasteiger partial charge is 0.191 e. The molecule has 0 aliphatic carbocycles. The number of rotatable bonds is 5. The zero-order chi connectivity index (χ0) is 16.1. The zero-order valence-electron chi connectivity index (χ0n) is 14.1. The third kappa shape index (κ3) is 4.14. The Morgan fingerprint density at radius 3 is 2.74 bits per heavy atom. The van der Waals surface area contributed by atoms with Crippen LogP contribution in [-0.4, -0.2) is 75.2 Å². The third-order valence-electron chi connectivity index (χ3n) is 4.72. The maximum absolute atomic E-state index is 5.26. The Labute approximate surface area is 138 Å². The molecule has 23 heavy (non-hydrogen) atoms. The number of nitrogens with one attached hydrogen (secondary N) is 2. The Kier molecular flexibility index (Phi) is 5.35. The molecule has 6 nitrogen and oxygen atoms in total. The average Bonchev–Trinajstić information content (AvgIpc) is 2.63. The lowest BCUT2D eigenvalue weighted by atomic mass is 10.1. The standard InChI is InChI=1S/C17H27N5O/c1-18-17(19-11-14-4-3-5-16(10-14)23-2)20-12-15-13-21-6-8-22(15)9-7-21/h3-5,10,15H,6-9,11-13H2,1-2H3,(H2,18,19,20). The normalized spacial score (nSPS) is 26.9. The second kappa shape index (κ2) is 7.66. The second-order valence-corrected chi connectivity index (χ2v) is 6.15. The molecule has 0 saturated carbocycles. The molecule has 4 rings (SSSR count). The van der Waals surface area contributed by atoms with E-state index < -0.39 is 0 Å². The quantitative estimate of drug-likeness (QED) is 0.607. The van der Waals surface area contributed by atoms with Gasteiger partial charge in [-0.2, -0.15) is 0 Å². The molecule has 2 bridgehead atoms. The van der Waals surface area contributed by atoms with E-state index in [9.17, 15) is 0 Å². The highest BCUT2D eigenvalue weighted by atomic mass is 16.5. The van der Waals surface area contributed by atoms with Crippen LogP contribution < -0.4 is 15.4 Å². The van der Waals surface area contributed by atoms with Crippen molar-refractivity contribution in [1.29, 1.82) is 0 Å². The molecule has 6 heteroatoms. The lowest BCUT2D eigenvalue weighted by Gasteiger charge is -2.47. The van der Waals surface area contributed by atoms with Gasteiger partial charge >= 0.3 is 0 Å². The van der Waals surface area contributed by atoms with Crippen molar-refractivity contribution in [2.24, 2.45) is 4.99 Å². The van der Waals surface area contributed by atoms with Crippen LogP contribution in [0.4, 0.5) is 0 Å². The van der Waals surface area contributed by atoms with Gasteiger partial charge in [0.25, 0.3) is 0 Å². The first-order valence-electron chi connectivity index (χ1n) is 8.32. The molecule has 1 aromatic carbocycles. The van der Waals surface area contributed by atoms with Crippen LogP contribution in [0.5, 0.6) is 5.75 Å². The van der Waals surface area contributed by atoms with Crippen LogP contribution in [-0.2, 0) is 6.54 Å². The minimum Gasteiger partial charge on any atom is -0.497 e. The van der Waals surface area contributed by atoms with Gasteiger partial charge < -0.3 is 15.4 Å². The average molecular weight is 317 g/mol. The first kappa shape index (κ1) is 16.1. The summed E-state index contributed by atoms with van der Waals surface area (Å²) in [5.74, 6) is 1.73. The second-order valence-electron chi connectivity index (χ2n) is 6.15. The van der Waals surface area contributed by atoms with Crippen LogP contribution in [0.2, 0.25) is 0 Å². The number of guanidine groups is 1. The van der Waals surface area contributed by atoms with Crippen molar-refractivity contribution in [2.45, 2.75) is 12.6 Å². The molecule has 3 aliphatic heterocycles. The van der Waals surface area contributed by atoms with Gasteiger partial charge in [-0.25, -0.2) is 0 Å². The van der Waals surface area contributed by atoms with Gasteiger partial charge in [0, 0.05) is 58.9 Å². The van der Waals surface area contributed by atoms with Crippen molar-refractivity contribution in [3.63, 3.8) is 0 Å². The molecule has 0 radical (unpaired) electrons. The molecule has 0 aromatic heterocycles. The van der Waals surface area contributed by atoms with Crippen molar-refractivity contribution in [2.75, 3.05) is 53.4 Å². The molecule has 3 heterocycles. The summed E-state index contributed by atoms with van der Waals surface area (Å²) in [6.45, 7) is 7.68. The Morgan fingerprint density at radius 1 is 1.26 bits per heavy atom. The summed E-state index contributed by atoms with van der Waals surface area (Å²) in [7, 11) is 3.51. The molecule has 1 aromatic rings. The Morgan fingerprint density at radius 2 is 2.09 bits per heavy atom. The number of methoxy groups -OCH3 is 1. The van der Waals surface area contributed by atoms with Gasteiger partial charge in [0.15, 0.2) is 5.96 Å². The van der Waals surface area contributed by atoms with E-state index in [1.165, 1.54) is 38.3 Å². The van der Waals surface area contributed by atoms with Crippen LogP contribution in [0.3, 0.4) is 0 Å². The van der Waals surface area contributed by atoms with E-state index in [0.29, 0.717) is 6.04 Å². The van der Waals surface area contributed by atoms with E-state index in [2.05, 4.69) is 31.5 Å². The molecule has 3 aliphatic rings. The number of aliphatic imine (C=N–C) groups is 1. The molecule has 3 fully saturated rings. The van der Waals surface area contributed by atoms with Gasteiger partial charge in [-0.05, 0) is 17.7 Å². The highest BCUT2D eigenvalue weighted by Gasteiger charge is 2.31. The first-order chi connectivity index (χ1) is 11.3. The maximum Gasteiger partial charge on any atom is 0.191 e. The van der Waals surface area contributed by atoms with Crippen molar-refractivity contribution >= 4 is 5.96 Å². The lowest BCUT2D eigenvalue weighted by Crippen LogP contribution is -2.63. The Bertz CT molecular complexity index is 540. The number of hydrogen-bond donors (Lipinski definition) is 2. The summed E-state index contributed by atoms with van der Waals surface area (Å²) < 4.78 is 5.26. The maximum atomic E-state index is 5.26. The summed E-state index contributed by atoms with van der Waals surface area (Å²) in [5, 5.41) is 6.83. The van der Waals surface area contributed by atoms with Gasteiger partial charge in [-0.3, -0.25) is 14.8 Å². The summed E-state index contributed by atoms with van der Waals surface area (Å²) in [5.41, 5.74) is 1.18. The van der Waals surface area contributed by atoms with Gasteiger partial charge in [-0.15, -0.1) is 0 Å². The summed E-state index contributed by atoms with van der Waals surface area (Å²) >= 11 is 0. The Balaban J connectivity index is 1.46. The fraction of sp³-hybridized carbons (Fsp3) is 0.588. The number of nitrogens with zero attached hydrogens (tertiary/aromatic N) is 3. The molecular weight excluding hydrogens is 290 g/mol. The van der Waals surface area contributed by atoms with Crippen molar-refractivity contribution < 1.29 is 4.74 Å². The molecule has 0 amide bonds. The molecule has 1 atom stereocenters. The number of ether oxygens (including phenoxy) is 1. The summed E-state index contributed by atoms with van der Waals surface area (Å²) in [6, 6.07) is 8.68. The van der Waals surface area contributed by atoms with E-state index in [0.717, 1.165) is 24.8 Å². The molecule has 126 valence electrons.